The molecule has 0 radical (unpaired) electrons. The van der Waals surface area contributed by atoms with Crippen LogP contribution < -0.4 is 0 Å². The normalized spacial score (nSPS) is 18.9. The summed E-state index contributed by atoms with van der Waals surface area (Å²) in [6.45, 7) is 9.36. The van der Waals surface area contributed by atoms with Gasteiger partial charge in [0.15, 0.2) is 0 Å². The minimum Gasteiger partial charge on any atom is -0.336 e. The van der Waals surface area contributed by atoms with Crippen molar-refractivity contribution < 1.29 is 4.79 Å². The van der Waals surface area contributed by atoms with Gasteiger partial charge in [0, 0.05) is 38.6 Å². The zero-order valence-corrected chi connectivity index (χ0v) is 14.7. The van der Waals surface area contributed by atoms with Crippen LogP contribution in [-0.2, 0) is 17.9 Å². The summed E-state index contributed by atoms with van der Waals surface area (Å²) in [6.07, 6.45) is 3.71. The first-order valence-corrected chi connectivity index (χ1v) is 8.52. The lowest BCUT2D eigenvalue weighted by atomic mass is 10.1. The summed E-state index contributed by atoms with van der Waals surface area (Å²) < 4.78 is 0. The molecule has 0 N–H and O–H groups in total. The van der Waals surface area contributed by atoms with E-state index >= 15 is 0 Å². The molecule has 4 nitrogen and oxygen atoms in total. The molecule has 1 fully saturated rings. The van der Waals surface area contributed by atoms with Crippen molar-refractivity contribution in [1.29, 1.82) is 0 Å². The van der Waals surface area contributed by atoms with E-state index in [1.54, 1.807) is 0 Å². The third kappa shape index (κ3) is 3.65. The van der Waals surface area contributed by atoms with Crippen molar-refractivity contribution in [2.45, 2.75) is 39.9 Å². The summed E-state index contributed by atoms with van der Waals surface area (Å²) in [5, 5.41) is 0. The fourth-order valence-electron chi connectivity index (χ4n) is 3.28. The number of amides is 1. The van der Waals surface area contributed by atoms with Crippen molar-refractivity contribution in [3.05, 3.63) is 65.0 Å². The lowest BCUT2D eigenvalue weighted by Gasteiger charge is -2.39. The Morgan fingerprint density at radius 2 is 2.00 bits per heavy atom. The molecular formula is C20H25N3O. The minimum absolute atomic E-state index is 0.0869. The number of piperazine rings is 1. The molecule has 0 bridgehead atoms. The van der Waals surface area contributed by atoms with Gasteiger partial charge in [-0.1, -0.05) is 29.8 Å². The highest BCUT2D eigenvalue weighted by molar-refractivity contribution is 5.82. The number of nitrogens with zero attached hydrogens (tertiary/aromatic N) is 3. The van der Waals surface area contributed by atoms with Crippen molar-refractivity contribution in [3.63, 3.8) is 0 Å². The van der Waals surface area contributed by atoms with Crippen LogP contribution in [0.4, 0.5) is 0 Å². The van der Waals surface area contributed by atoms with Gasteiger partial charge in [-0.3, -0.25) is 14.7 Å². The zero-order chi connectivity index (χ0) is 17.1. The Bertz CT molecular complexity index is 728. The maximum Gasteiger partial charge on any atom is 0.239 e. The highest BCUT2D eigenvalue weighted by Crippen LogP contribution is 2.18. The second-order valence-corrected chi connectivity index (χ2v) is 6.70. The van der Waals surface area contributed by atoms with Crippen LogP contribution in [0, 0.1) is 13.8 Å². The molecule has 0 aliphatic carbocycles. The molecule has 1 saturated heterocycles. The number of aryl methyl sites for hydroxylation is 2. The predicted molar refractivity (Wildman–Crippen MR) is 95.4 cm³/mol. The summed E-state index contributed by atoms with van der Waals surface area (Å²) in [6, 6.07) is 10.4. The minimum atomic E-state index is -0.0869. The molecule has 1 atom stereocenters. The fourth-order valence-corrected chi connectivity index (χ4v) is 3.28. The van der Waals surface area contributed by atoms with E-state index in [2.05, 4.69) is 48.0 Å². The molecule has 3 rings (SSSR count). The number of pyridine rings is 1. The predicted octanol–water partition coefficient (Wildman–Crippen LogP) is 2.93. The van der Waals surface area contributed by atoms with Gasteiger partial charge < -0.3 is 4.90 Å². The van der Waals surface area contributed by atoms with E-state index in [-0.39, 0.29) is 11.9 Å². The van der Waals surface area contributed by atoms with Gasteiger partial charge in [0.25, 0.3) is 0 Å². The summed E-state index contributed by atoms with van der Waals surface area (Å²) in [7, 11) is 0. The topological polar surface area (TPSA) is 36.4 Å². The molecule has 1 aliphatic heterocycles. The van der Waals surface area contributed by atoms with Gasteiger partial charge >= 0.3 is 0 Å². The molecule has 0 spiro atoms. The van der Waals surface area contributed by atoms with Gasteiger partial charge in [-0.25, -0.2) is 0 Å². The van der Waals surface area contributed by atoms with E-state index in [0.29, 0.717) is 6.54 Å². The largest absolute Gasteiger partial charge is 0.336 e. The average molecular weight is 323 g/mol. The molecule has 1 aliphatic rings. The number of carbonyl (C=O) groups excluding carboxylic acids is 1. The molecule has 126 valence electrons. The average Bonchev–Trinajstić information content (AvgIpc) is 2.56. The van der Waals surface area contributed by atoms with E-state index in [1.807, 2.05) is 30.3 Å². The van der Waals surface area contributed by atoms with E-state index in [9.17, 15) is 4.79 Å². The van der Waals surface area contributed by atoms with Crippen LogP contribution in [0.1, 0.15) is 29.2 Å². The number of hydrogen-bond acceptors (Lipinski definition) is 3. The maximum atomic E-state index is 12.8. The molecule has 2 aromatic rings. The quantitative estimate of drug-likeness (QED) is 0.868. The second kappa shape index (κ2) is 7.14. The van der Waals surface area contributed by atoms with E-state index in [1.165, 1.54) is 22.3 Å². The highest BCUT2D eigenvalue weighted by atomic mass is 16.2. The first-order chi connectivity index (χ1) is 11.5. The third-order valence-corrected chi connectivity index (χ3v) is 4.84. The first-order valence-electron chi connectivity index (χ1n) is 8.52. The standard InChI is InChI=1S/C20H25N3O/c1-15-5-4-6-18(11-15)13-23-10-9-22(17(3)20(23)24)14-19-7-8-21-12-16(19)2/h4-8,11-12,17H,9-10,13-14H2,1-3H3/t17-/m1/s1. The SMILES string of the molecule is Cc1cccc(CN2CCN(Cc3ccncc3C)[C@H](C)C2=O)c1. The summed E-state index contributed by atoms with van der Waals surface area (Å²) in [4.78, 5) is 21.2. The van der Waals surface area contributed by atoms with Gasteiger partial charge in [-0.2, -0.15) is 0 Å². The van der Waals surface area contributed by atoms with E-state index in [0.717, 1.165) is 19.6 Å². The van der Waals surface area contributed by atoms with Gasteiger partial charge in [-0.15, -0.1) is 0 Å². The molecule has 2 heterocycles. The van der Waals surface area contributed by atoms with Crippen molar-refractivity contribution in [2.75, 3.05) is 13.1 Å². The van der Waals surface area contributed by atoms with Crippen LogP contribution in [0.15, 0.2) is 42.7 Å². The Hall–Kier alpha value is -2.20. The van der Waals surface area contributed by atoms with Crippen LogP contribution in [0.3, 0.4) is 0 Å². The molecule has 0 saturated carbocycles. The number of hydrogen-bond donors (Lipinski definition) is 0. The fraction of sp³-hybridized carbons (Fsp3) is 0.400. The summed E-state index contributed by atoms with van der Waals surface area (Å²) >= 11 is 0. The van der Waals surface area contributed by atoms with E-state index < -0.39 is 0 Å². The Balaban J connectivity index is 1.66. The summed E-state index contributed by atoms with van der Waals surface area (Å²) in [5.41, 5.74) is 4.87. The van der Waals surface area contributed by atoms with Crippen LogP contribution in [0.25, 0.3) is 0 Å². The first kappa shape index (κ1) is 16.7. The van der Waals surface area contributed by atoms with Gasteiger partial charge in [-0.05, 0) is 43.5 Å². The van der Waals surface area contributed by atoms with Crippen LogP contribution in [-0.4, -0.2) is 39.8 Å². The lowest BCUT2D eigenvalue weighted by molar-refractivity contribution is -0.142. The molecule has 24 heavy (non-hydrogen) atoms. The van der Waals surface area contributed by atoms with Crippen molar-refractivity contribution in [1.82, 2.24) is 14.8 Å². The smallest absolute Gasteiger partial charge is 0.239 e. The molecule has 1 amide bonds. The van der Waals surface area contributed by atoms with Crippen LogP contribution >= 0.6 is 0 Å². The molecule has 1 aromatic carbocycles. The molecule has 4 heteroatoms. The summed E-state index contributed by atoms with van der Waals surface area (Å²) in [5.74, 6) is 0.217. The number of carbonyl (C=O) groups is 1. The molecule has 1 aromatic heterocycles. The third-order valence-electron chi connectivity index (χ3n) is 4.84. The zero-order valence-electron chi connectivity index (χ0n) is 14.7. The van der Waals surface area contributed by atoms with Gasteiger partial charge in [0.05, 0.1) is 6.04 Å². The number of rotatable bonds is 4. The van der Waals surface area contributed by atoms with Crippen LogP contribution in [0.5, 0.6) is 0 Å². The molecule has 0 unspecified atom stereocenters. The lowest BCUT2D eigenvalue weighted by Crippen LogP contribution is -2.54. The van der Waals surface area contributed by atoms with Crippen molar-refractivity contribution in [3.8, 4) is 0 Å². The number of benzene rings is 1. The maximum absolute atomic E-state index is 12.8. The van der Waals surface area contributed by atoms with Gasteiger partial charge in [0.1, 0.15) is 0 Å². The Morgan fingerprint density at radius 1 is 1.17 bits per heavy atom. The second-order valence-electron chi connectivity index (χ2n) is 6.70. The molecular weight excluding hydrogens is 298 g/mol. The van der Waals surface area contributed by atoms with Crippen LogP contribution in [0.2, 0.25) is 0 Å². The van der Waals surface area contributed by atoms with Gasteiger partial charge in [0.2, 0.25) is 5.91 Å². The highest BCUT2D eigenvalue weighted by Gasteiger charge is 2.31. The van der Waals surface area contributed by atoms with E-state index in [4.69, 9.17) is 0 Å². The Morgan fingerprint density at radius 3 is 2.75 bits per heavy atom. The van der Waals surface area contributed by atoms with Crippen molar-refractivity contribution in [2.24, 2.45) is 0 Å². The Kier molecular flexibility index (Phi) is 4.95. The van der Waals surface area contributed by atoms with Crippen molar-refractivity contribution >= 4 is 5.91 Å². The Labute approximate surface area is 144 Å². The monoisotopic (exact) mass is 323 g/mol. The number of aromatic nitrogens is 1.